The van der Waals surface area contributed by atoms with Crippen LogP contribution in [0.5, 0.6) is 0 Å². The fraction of sp³-hybridized carbons (Fsp3) is 0.818. The first kappa shape index (κ1) is 12.3. The van der Waals surface area contributed by atoms with Crippen LogP contribution in [0.1, 0.15) is 38.5 Å². The van der Waals surface area contributed by atoms with Gasteiger partial charge in [0, 0.05) is 5.75 Å². The Balaban J connectivity index is 1.84. The molecule has 0 saturated heterocycles. The highest BCUT2D eigenvalue weighted by molar-refractivity contribution is 7.99. The highest BCUT2D eigenvalue weighted by Crippen LogP contribution is 2.41. The van der Waals surface area contributed by atoms with Crippen molar-refractivity contribution < 1.29 is 4.42 Å². The van der Waals surface area contributed by atoms with E-state index in [2.05, 4.69) is 17.1 Å². The summed E-state index contributed by atoms with van der Waals surface area (Å²) in [5.74, 6) is 2.66. The molecule has 0 spiro atoms. The Morgan fingerprint density at radius 1 is 1.31 bits per heavy atom. The smallest absolute Gasteiger partial charge is 0.276 e. The van der Waals surface area contributed by atoms with Crippen LogP contribution in [0.25, 0.3) is 0 Å². The van der Waals surface area contributed by atoms with Crippen LogP contribution in [-0.4, -0.2) is 22.2 Å². The second-order valence-electron chi connectivity index (χ2n) is 4.70. The predicted molar refractivity (Wildman–Crippen MR) is 68.8 cm³/mol. The molecule has 0 amide bonds. The third kappa shape index (κ3) is 3.17. The summed E-state index contributed by atoms with van der Waals surface area (Å²) < 4.78 is 5.55. The molecule has 3 nitrogen and oxygen atoms in total. The van der Waals surface area contributed by atoms with Gasteiger partial charge in [0.25, 0.3) is 5.22 Å². The maximum atomic E-state index is 5.55. The van der Waals surface area contributed by atoms with Crippen LogP contribution >= 0.6 is 23.5 Å². The molecule has 2 rings (SSSR count). The summed E-state index contributed by atoms with van der Waals surface area (Å²) in [5.41, 5.74) is 0.485. The van der Waals surface area contributed by atoms with Crippen LogP contribution in [0.15, 0.2) is 9.64 Å². The van der Waals surface area contributed by atoms with E-state index in [1.54, 1.807) is 23.5 Å². The van der Waals surface area contributed by atoms with Crippen LogP contribution < -0.4 is 0 Å². The first-order chi connectivity index (χ1) is 7.72. The number of rotatable bonds is 5. The molecule has 0 N–H and O–H groups in total. The summed E-state index contributed by atoms with van der Waals surface area (Å²) in [5, 5.41) is 8.81. The van der Waals surface area contributed by atoms with Crippen LogP contribution in [0.2, 0.25) is 0 Å². The fourth-order valence-corrected chi connectivity index (χ4v) is 3.47. The van der Waals surface area contributed by atoms with Gasteiger partial charge in [0.1, 0.15) is 0 Å². The van der Waals surface area contributed by atoms with Crippen molar-refractivity contribution in [1.29, 1.82) is 0 Å². The molecule has 1 aromatic rings. The van der Waals surface area contributed by atoms with Crippen molar-refractivity contribution in [3.8, 4) is 0 Å². The Labute approximate surface area is 105 Å². The van der Waals surface area contributed by atoms with E-state index in [0.29, 0.717) is 5.41 Å². The molecular formula is C11H18N2OS2. The lowest BCUT2D eigenvalue weighted by Gasteiger charge is -2.21. The predicted octanol–water partition coefficient (Wildman–Crippen LogP) is 3.61. The molecule has 0 unspecified atom stereocenters. The Kier molecular flexibility index (Phi) is 4.19. The van der Waals surface area contributed by atoms with Crippen LogP contribution in [0.4, 0.5) is 0 Å². The van der Waals surface area contributed by atoms with Gasteiger partial charge in [-0.15, -0.1) is 10.2 Å². The molecule has 1 aliphatic carbocycles. The monoisotopic (exact) mass is 258 g/mol. The molecule has 1 fully saturated rings. The second kappa shape index (κ2) is 5.45. The average Bonchev–Trinajstić information content (AvgIpc) is 2.86. The Bertz CT molecular complexity index is 334. The largest absolute Gasteiger partial charge is 0.415 e. The molecule has 1 aliphatic rings. The molecule has 90 valence electrons. The lowest BCUT2D eigenvalue weighted by atomic mass is 9.92. The third-order valence-corrected chi connectivity index (χ3v) is 4.86. The lowest BCUT2D eigenvalue weighted by molar-refractivity contribution is 0.386. The fourth-order valence-electron chi connectivity index (χ4n) is 2.09. The minimum Gasteiger partial charge on any atom is -0.415 e. The summed E-state index contributed by atoms with van der Waals surface area (Å²) in [7, 11) is 0. The van der Waals surface area contributed by atoms with Gasteiger partial charge < -0.3 is 4.42 Å². The second-order valence-corrected chi connectivity index (χ2v) is 6.49. The topological polar surface area (TPSA) is 38.9 Å². The standard InChI is InChI=1S/C11H18N2OS2/c1-11(5-3-4-6-11)8-16-10-13-12-9(14-10)7-15-2/h3-8H2,1-2H3. The van der Waals surface area contributed by atoms with E-state index in [4.69, 9.17) is 4.42 Å². The quantitative estimate of drug-likeness (QED) is 0.754. The number of hydrogen-bond acceptors (Lipinski definition) is 5. The van der Waals surface area contributed by atoms with Gasteiger partial charge in [-0.2, -0.15) is 11.8 Å². The SMILES string of the molecule is CSCc1nnc(SCC2(C)CCCC2)o1. The Hall–Kier alpha value is -0.160. The molecule has 0 atom stereocenters. The molecule has 0 aromatic carbocycles. The Morgan fingerprint density at radius 2 is 2.06 bits per heavy atom. The zero-order chi connectivity index (χ0) is 11.4. The summed E-state index contributed by atoms with van der Waals surface area (Å²) >= 11 is 3.42. The van der Waals surface area contributed by atoms with Crippen molar-refractivity contribution in [2.75, 3.05) is 12.0 Å². The van der Waals surface area contributed by atoms with Gasteiger partial charge >= 0.3 is 0 Å². The van der Waals surface area contributed by atoms with Crippen molar-refractivity contribution >= 4 is 23.5 Å². The highest BCUT2D eigenvalue weighted by Gasteiger charge is 2.29. The molecule has 0 bridgehead atoms. The number of hydrogen-bond donors (Lipinski definition) is 0. The van der Waals surface area contributed by atoms with Crippen molar-refractivity contribution in [1.82, 2.24) is 10.2 Å². The average molecular weight is 258 g/mol. The number of thioether (sulfide) groups is 2. The third-order valence-electron chi connectivity index (χ3n) is 3.07. The van der Waals surface area contributed by atoms with E-state index in [9.17, 15) is 0 Å². The van der Waals surface area contributed by atoms with Gasteiger partial charge in [-0.25, -0.2) is 0 Å². The molecule has 1 saturated carbocycles. The maximum absolute atomic E-state index is 5.55. The zero-order valence-electron chi connectivity index (χ0n) is 9.86. The molecule has 0 aliphatic heterocycles. The molecule has 1 aromatic heterocycles. The number of aromatic nitrogens is 2. The van der Waals surface area contributed by atoms with Crippen molar-refractivity contribution in [3.05, 3.63) is 5.89 Å². The molecule has 5 heteroatoms. The molecule has 1 heterocycles. The van der Waals surface area contributed by atoms with Gasteiger partial charge in [-0.05, 0) is 24.5 Å². The van der Waals surface area contributed by atoms with Crippen molar-refractivity contribution in [2.24, 2.45) is 5.41 Å². The minimum absolute atomic E-state index is 0.485. The minimum atomic E-state index is 0.485. The van der Waals surface area contributed by atoms with Gasteiger partial charge in [0.2, 0.25) is 5.89 Å². The van der Waals surface area contributed by atoms with E-state index in [1.807, 2.05) is 6.26 Å². The van der Waals surface area contributed by atoms with Crippen LogP contribution in [-0.2, 0) is 5.75 Å². The van der Waals surface area contributed by atoms with E-state index in [0.717, 1.165) is 22.6 Å². The highest BCUT2D eigenvalue weighted by atomic mass is 32.2. The Morgan fingerprint density at radius 3 is 2.75 bits per heavy atom. The van der Waals surface area contributed by atoms with E-state index in [-0.39, 0.29) is 0 Å². The molecule has 0 radical (unpaired) electrons. The number of nitrogens with zero attached hydrogens (tertiary/aromatic N) is 2. The van der Waals surface area contributed by atoms with Crippen LogP contribution in [0, 0.1) is 5.41 Å². The van der Waals surface area contributed by atoms with Crippen molar-refractivity contribution in [2.45, 2.75) is 43.6 Å². The summed E-state index contributed by atoms with van der Waals surface area (Å²) in [6, 6.07) is 0. The summed E-state index contributed by atoms with van der Waals surface area (Å²) in [6.45, 7) is 2.37. The summed E-state index contributed by atoms with van der Waals surface area (Å²) in [4.78, 5) is 0. The first-order valence-corrected chi connectivity index (χ1v) is 8.04. The van der Waals surface area contributed by atoms with Crippen LogP contribution in [0.3, 0.4) is 0 Å². The van der Waals surface area contributed by atoms with E-state index < -0.39 is 0 Å². The van der Waals surface area contributed by atoms with Gasteiger partial charge in [0.15, 0.2) is 0 Å². The van der Waals surface area contributed by atoms with Crippen molar-refractivity contribution in [3.63, 3.8) is 0 Å². The first-order valence-electron chi connectivity index (χ1n) is 5.66. The normalized spacial score (nSPS) is 19.1. The van der Waals surface area contributed by atoms with Gasteiger partial charge in [-0.1, -0.05) is 31.5 Å². The molecular weight excluding hydrogens is 240 g/mol. The molecule has 16 heavy (non-hydrogen) atoms. The zero-order valence-corrected chi connectivity index (χ0v) is 11.5. The van der Waals surface area contributed by atoms with E-state index in [1.165, 1.54) is 25.7 Å². The summed E-state index contributed by atoms with van der Waals surface area (Å²) in [6.07, 6.45) is 7.46. The van der Waals surface area contributed by atoms with Gasteiger partial charge in [-0.3, -0.25) is 0 Å². The van der Waals surface area contributed by atoms with Gasteiger partial charge in [0.05, 0.1) is 5.75 Å². The maximum Gasteiger partial charge on any atom is 0.276 e. The van der Waals surface area contributed by atoms with E-state index >= 15 is 0 Å². The lowest BCUT2D eigenvalue weighted by Crippen LogP contribution is -2.13.